The molecule has 1 amide bonds. The number of carbonyl (C=O) groups excluding carboxylic acids is 1. The van der Waals surface area contributed by atoms with Crippen LogP contribution in [-0.4, -0.2) is 48.5 Å². The third kappa shape index (κ3) is 4.76. The fourth-order valence-electron chi connectivity index (χ4n) is 3.00. The maximum atomic E-state index is 13.0. The summed E-state index contributed by atoms with van der Waals surface area (Å²) in [6, 6.07) is 12.0. The molecule has 1 atom stereocenters. The number of benzene rings is 1. The summed E-state index contributed by atoms with van der Waals surface area (Å²) in [7, 11) is 0. The van der Waals surface area contributed by atoms with E-state index < -0.39 is 0 Å². The highest BCUT2D eigenvalue weighted by Crippen LogP contribution is 2.14. The Labute approximate surface area is 147 Å². The van der Waals surface area contributed by atoms with Crippen molar-refractivity contribution in [3.8, 4) is 0 Å². The van der Waals surface area contributed by atoms with E-state index in [2.05, 4.69) is 20.1 Å². The smallest absolute Gasteiger partial charge is 0.234 e. The zero-order valence-corrected chi connectivity index (χ0v) is 14.4. The minimum atomic E-state index is -0.270. The number of halogens is 1. The lowest BCUT2D eigenvalue weighted by atomic mass is 10.1. The van der Waals surface area contributed by atoms with Crippen molar-refractivity contribution in [1.29, 1.82) is 0 Å². The van der Waals surface area contributed by atoms with E-state index in [0.29, 0.717) is 6.54 Å². The average molecular weight is 342 g/mol. The SMILES string of the molecule is C[C@@H](NC(=O)CN1CCN(c2ccccn2)CC1)c1ccc(F)cc1. The second-order valence-electron chi connectivity index (χ2n) is 6.29. The topological polar surface area (TPSA) is 48.5 Å². The molecule has 2 heterocycles. The first-order valence-electron chi connectivity index (χ1n) is 8.55. The molecule has 5 nitrogen and oxygen atoms in total. The molecule has 1 aliphatic heterocycles. The Morgan fingerprint density at radius 3 is 2.52 bits per heavy atom. The largest absolute Gasteiger partial charge is 0.354 e. The second kappa shape index (κ2) is 8.07. The maximum absolute atomic E-state index is 13.0. The van der Waals surface area contributed by atoms with E-state index in [1.807, 2.05) is 25.1 Å². The van der Waals surface area contributed by atoms with Crippen LogP contribution >= 0.6 is 0 Å². The molecule has 25 heavy (non-hydrogen) atoms. The van der Waals surface area contributed by atoms with Crippen molar-refractivity contribution in [2.45, 2.75) is 13.0 Å². The molecule has 1 aliphatic rings. The number of anilines is 1. The molecule has 132 valence electrons. The minimum Gasteiger partial charge on any atom is -0.354 e. The van der Waals surface area contributed by atoms with E-state index in [9.17, 15) is 9.18 Å². The van der Waals surface area contributed by atoms with Gasteiger partial charge < -0.3 is 10.2 Å². The van der Waals surface area contributed by atoms with Gasteiger partial charge in [-0.3, -0.25) is 9.69 Å². The highest BCUT2D eigenvalue weighted by atomic mass is 19.1. The van der Waals surface area contributed by atoms with Crippen LogP contribution in [-0.2, 0) is 4.79 Å². The Morgan fingerprint density at radius 2 is 1.88 bits per heavy atom. The minimum absolute atomic E-state index is 0.0110. The van der Waals surface area contributed by atoms with Crippen LogP contribution in [0.4, 0.5) is 10.2 Å². The van der Waals surface area contributed by atoms with Crippen LogP contribution in [0.15, 0.2) is 48.7 Å². The molecule has 0 unspecified atom stereocenters. The lowest BCUT2D eigenvalue weighted by Gasteiger charge is -2.35. The third-order valence-electron chi connectivity index (χ3n) is 4.46. The molecule has 0 radical (unpaired) electrons. The Kier molecular flexibility index (Phi) is 5.60. The molecule has 1 aromatic heterocycles. The quantitative estimate of drug-likeness (QED) is 0.905. The number of nitrogens with one attached hydrogen (secondary N) is 1. The van der Waals surface area contributed by atoms with Crippen LogP contribution in [0.1, 0.15) is 18.5 Å². The molecule has 0 bridgehead atoms. The van der Waals surface area contributed by atoms with Gasteiger partial charge in [-0.15, -0.1) is 0 Å². The summed E-state index contributed by atoms with van der Waals surface area (Å²) in [5.41, 5.74) is 0.898. The number of carbonyl (C=O) groups is 1. The molecule has 1 N–H and O–H groups in total. The van der Waals surface area contributed by atoms with Crippen LogP contribution in [0, 0.1) is 5.82 Å². The predicted octanol–water partition coefficient (Wildman–Crippen LogP) is 2.22. The lowest BCUT2D eigenvalue weighted by molar-refractivity contribution is -0.123. The Bertz CT molecular complexity index is 684. The van der Waals surface area contributed by atoms with Crippen LogP contribution < -0.4 is 10.2 Å². The highest BCUT2D eigenvalue weighted by Gasteiger charge is 2.20. The first kappa shape index (κ1) is 17.4. The number of hydrogen-bond donors (Lipinski definition) is 1. The van der Waals surface area contributed by atoms with Gasteiger partial charge in [0, 0.05) is 32.4 Å². The number of aromatic nitrogens is 1. The van der Waals surface area contributed by atoms with Crippen molar-refractivity contribution in [2.24, 2.45) is 0 Å². The molecule has 1 fully saturated rings. The molecular formula is C19H23FN4O. The molecule has 1 saturated heterocycles. The van der Waals surface area contributed by atoms with Gasteiger partial charge in [-0.25, -0.2) is 9.37 Å². The number of hydrogen-bond acceptors (Lipinski definition) is 4. The number of rotatable bonds is 5. The van der Waals surface area contributed by atoms with Gasteiger partial charge >= 0.3 is 0 Å². The van der Waals surface area contributed by atoms with Crippen molar-refractivity contribution in [1.82, 2.24) is 15.2 Å². The van der Waals surface area contributed by atoms with Crippen LogP contribution in [0.3, 0.4) is 0 Å². The van der Waals surface area contributed by atoms with Crippen LogP contribution in [0.2, 0.25) is 0 Å². The van der Waals surface area contributed by atoms with Gasteiger partial charge in [0.1, 0.15) is 11.6 Å². The van der Waals surface area contributed by atoms with E-state index in [-0.39, 0.29) is 17.8 Å². The summed E-state index contributed by atoms with van der Waals surface area (Å²) < 4.78 is 13.0. The van der Waals surface area contributed by atoms with Crippen molar-refractivity contribution in [3.05, 3.63) is 60.0 Å². The highest BCUT2D eigenvalue weighted by molar-refractivity contribution is 5.78. The van der Waals surface area contributed by atoms with Crippen molar-refractivity contribution in [3.63, 3.8) is 0 Å². The van der Waals surface area contributed by atoms with Crippen molar-refractivity contribution >= 4 is 11.7 Å². The van der Waals surface area contributed by atoms with Gasteiger partial charge in [-0.2, -0.15) is 0 Å². The summed E-state index contributed by atoms with van der Waals surface area (Å²) in [6.07, 6.45) is 1.80. The van der Waals surface area contributed by atoms with E-state index in [0.717, 1.165) is 37.6 Å². The van der Waals surface area contributed by atoms with E-state index in [4.69, 9.17) is 0 Å². The van der Waals surface area contributed by atoms with Gasteiger partial charge in [-0.1, -0.05) is 18.2 Å². The predicted molar refractivity (Wildman–Crippen MR) is 95.8 cm³/mol. The van der Waals surface area contributed by atoms with Crippen LogP contribution in [0.25, 0.3) is 0 Å². The van der Waals surface area contributed by atoms with E-state index in [1.54, 1.807) is 18.3 Å². The number of amides is 1. The molecular weight excluding hydrogens is 319 g/mol. The Hall–Kier alpha value is -2.47. The molecule has 0 aliphatic carbocycles. The summed E-state index contributed by atoms with van der Waals surface area (Å²) >= 11 is 0. The van der Waals surface area contributed by atoms with Crippen LogP contribution in [0.5, 0.6) is 0 Å². The normalized spacial score (nSPS) is 16.5. The number of piperazine rings is 1. The maximum Gasteiger partial charge on any atom is 0.234 e. The fraction of sp³-hybridized carbons (Fsp3) is 0.368. The average Bonchev–Trinajstić information content (AvgIpc) is 2.63. The van der Waals surface area contributed by atoms with Gasteiger partial charge in [0.2, 0.25) is 5.91 Å². The summed E-state index contributed by atoms with van der Waals surface area (Å²) in [5, 5.41) is 2.98. The lowest BCUT2D eigenvalue weighted by Crippen LogP contribution is -2.49. The Morgan fingerprint density at radius 1 is 1.16 bits per heavy atom. The van der Waals surface area contributed by atoms with Gasteiger partial charge in [-0.05, 0) is 36.8 Å². The monoisotopic (exact) mass is 342 g/mol. The summed E-state index contributed by atoms with van der Waals surface area (Å²) in [6.45, 7) is 5.66. The first-order chi connectivity index (χ1) is 12.1. The molecule has 1 aromatic carbocycles. The van der Waals surface area contributed by atoms with E-state index in [1.165, 1.54) is 12.1 Å². The van der Waals surface area contributed by atoms with Gasteiger partial charge in [0.25, 0.3) is 0 Å². The van der Waals surface area contributed by atoms with Crippen molar-refractivity contribution < 1.29 is 9.18 Å². The van der Waals surface area contributed by atoms with E-state index >= 15 is 0 Å². The number of nitrogens with zero attached hydrogens (tertiary/aromatic N) is 3. The number of pyridine rings is 1. The first-order valence-corrected chi connectivity index (χ1v) is 8.55. The standard InChI is InChI=1S/C19H23FN4O/c1-15(16-5-7-17(20)8-6-16)22-19(25)14-23-10-12-24(13-11-23)18-4-2-3-9-21-18/h2-9,15H,10-14H2,1H3,(H,22,25)/t15-/m1/s1. The second-order valence-corrected chi connectivity index (χ2v) is 6.29. The zero-order valence-electron chi connectivity index (χ0n) is 14.4. The summed E-state index contributed by atoms with van der Waals surface area (Å²) in [4.78, 5) is 21.0. The fourth-order valence-corrected chi connectivity index (χ4v) is 3.00. The van der Waals surface area contributed by atoms with Gasteiger partial charge in [0.05, 0.1) is 12.6 Å². The Balaban J connectivity index is 1.45. The third-order valence-corrected chi connectivity index (χ3v) is 4.46. The van der Waals surface area contributed by atoms with Gasteiger partial charge in [0.15, 0.2) is 0 Å². The zero-order chi connectivity index (χ0) is 17.6. The van der Waals surface area contributed by atoms with Crippen molar-refractivity contribution in [2.75, 3.05) is 37.6 Å². The molecule has 2 aromatic rings. The molecule has 0 spiro atoms. The molecule has 3 rings (SSSR count). The molecule has 0 saturated carbocycles. The molecule has 6 heteroatoms. The summed E-state index contributed by atoms with van der Waals surface area (Å²) in [5.74, 6) is 0.702.